The van der Waals surface area contributed by atoms with Crippen molar-refractivity contribution in [3.63, 3.8) is 0 Å². The quantitative estimate of drug-likeness (QED) is 0.450. The Bertz CT molecular complexity index is 154. The fourth-order valence-corrected chi connectivity index (χ4v) is 0.894. The molecule has 1 atom stereocenters. The van der Waals surface area contributed by atoms with E-state index in [-0.39, 0.29) is 25.3 Å². The molecule has 0 aliphatic heterocycles. The molecule has 0 aromatic rings. The predicted octanol–water partition coefficient (Wildman–Crippen LogP) is 1.92. The molecule has 0 aromatic carbocycles. The first-order chi connectivity index (χ1) is 6.20. The molecule has 0 saturated carbocycles. The lowest BCUT2D eigenvalue weighted by Gasteiger charge is -2.10. The van der Waals surface area contributed by atoms with Crippen molar-refractivity contribution < 1.29 is 14.3 Å². The smallest absolute Gasteiger partial charge is 0.332 e. The summed E-state index contributed by atoms with van der Waals surface area (Å²) in [6.45, 7) is 7.76. The molecule has 76 valence electrons. The maximum atomic E-state index is 10.9. The van der Waals surface area contributed by atoms with Crippen molar-refractivity contribution in [1.82, 2.24) is 0 Å². The Balaban J connectivity index is 3.39. The van der Waals surface area contributed by atoms with Gasteiger partial charge in [-0.15, -0.1) is 0 Å². The molecule has 0 radical (unpaired) electrons. The van der Waals surface area contributed by atoms with Gasteiger partial charge >= 0.3 is 5.97 Å². The molecule has 0 aromatic heterocycles. The summed E-state index contributed by atoms with van der Waals surface area (Å²) in [6.07, 6.45) is 3.69. The average Bonchev–Trinajstić information content (AvgIpc) is 2.12. The molecule has 0 spiro atoms. The summed E-state index contributed by atoms with van der Waals surface area (Å²) in [7, 11) is 0. The molecule has 3 nitrogen and oxygen atoms in total. The van der Waals surface area contributed by atoms with Gasteiger partial charge in [0, 0.05) is 0 Å². The Morgan fingerprint density at radius 3 is 2.85 bits per heavy atom. The molecule has 0 aliphatic carbocycles. The fraction of sp³-hybridized carbons (Fsp3) is 0.700. The van der Waals surface area contributed by atoms with Crippen molar-refractivity contribution in [3.05, 3.63) is 12.7 Å². The fourth-order valence-electron chi connectivity index (χ4n) is 0.894. The zero-order valence-corrected chi connectivity index (χ0v) is 8.41. The summed E-state index contributed by atoms with van der Waals surface area (Å²) in [5.74, 6) is -0.331. The highest BCUT2D eigenvalue weighted by Crippen LogP contribution is 2.00. The van der Waals surface area contributed by atoms with E-state index in [4.69, 9.17) is 9.47 Å². The van der Waals surface area contributed by atoms with Crippen LogP contribution in [0.2, 0.25) is 0 Å². The average molecular weight is 186 g/mol. The van der Waals surface area contributed by atoms with Gasteiger partial charge < -0.3 is 9.47 Å². The van der Waals surface area contributed by atoms with Gasteiger partial charge in [0.15, 0.2) is 0 Å². The van der Waals surface area contributed by atoms with Crippen LogP contribution in [0.15, 0.2) is 12.7 Å². The maximum absolute atomic E-state index is 10.9. The number of carbonyl (C=O) groups excluding carboxylic acids is 1. The third-order valence-corrected chi connectivity index (χ3v) is 1.54. The minimum atomic E-state index is -0.331. The van der Waals surface area contributed by atoms with Crippen LogP contribution in [-0.2, 0) is 14.3 Å². The van der Waals surface area contributed by atoms with Crippen LogP contribution in [0.3, 0.4) is 0 Å². The molecule has 0 heterocycles. The lowest BCUT2D eigenvalue weighted by Crippen LogP contribution is -2.17. The Kier molecular flexibility index (Phi) is 7.30. The van der Waals surface area contributed by atoms with Crippen LogP contribution < -0.4 is 0 Å². The van der Waals surface area contributed by atoms with Gasteiger partial charge in [-0.25, -0.2) is 4.79 Å². The topological polar surface area (TPSA) is 35.5 Å². The minimum absolute atomic E-state index is 0.0367. The normalized spacial score (nSPS) is 12.2. The highest BCUT2D eigenvalue weighted by molar-refractivity contribution is 5.70. The van der Waals surface area contributed by atoms with Gasteiger partial charge in [-0.1, -0.05) is 26.0 Å². The molecule has 0 amide bonds. The third-order valence-electron chi connectivity index (χ3n) is 1.54. The number of ether oxygens (including phenoxy) is 2. The molecule has 0 bridgehead atoms. The van der Waals surface area contributed by atoms with Crippen molar-refractivity contribution >= 4 is 5.97 Å². The van der Waals surface area contributed by atoms with Crippen LogP contribution in [0.1, 0.15) is 26.7 Å². The molecule has 1 unspecified atom stereocenters. The van der Waals surface area contributed by atoms with E-state index >= 15 is 0 Å². The predicted molar refractivity (Wildman–Crippen MR) is 51.5 cm³/mol. The Morgan fingerprint density at radius 2 is 2.31 bits per heavy atom. The molecule has 0 fully saturated rings. The SMILES string of the molecule is C=CCOC(=O)COC(C)CCC. The maximum Gasteiger partial charge on any atom is 0.332 e. The van der Waals surface area contributed by atoms with Gasteiger partial charge in [-0.2, -0.15) is 0 Å². The summed E-state index contributed by atoms with van der Waals surface area (Å²) in [5.41, 5.74) is 0. The second kappa shape index (κ2) is 7.80. The first-order valence-corrected chi connectivity index (χ1v) is 4.58. The molecular weight excluding hydrogens is 168 g/mol. The Morgan fingerprint density at radius 1 is 1.62 bits per heavy atom. The van der Waals surface area contributed by atoms with Crippen LogP contribution in [0.25, 0.3) is 0 Å². The van der Waals surface area contributed by atoms with Gasteiger partial charge in [0.2, 0.25) is 0 Å². The zero-order valence-electron chi connectivity index (χ0n) is 8.41. The van der Waals surface area contributed by atoms with E-state index in [1.807, 2.05) is 6.92 Å². The number of hydrogen-bond donors (Lipinski definition) is 0. The molecule has 0 rings (SSSR count). The molecule has 0 aliphatic rings. The van der Waals surface area contributed by atoms with Gasteiger partial charge in [0.1, 0.15) is 13.2 Å². The number of esters is 1. The van der Waals surface area contributed by atoms with Gasteiger partial charge in [-0.3, -0.25) is 0 Å². The first kappa shape index (κ1) is 12.2. The third kappa shape index (κ3) is 7.53. The van der Waals surface area contributed by atoms with E-state index in [9.17, 15) is 4.79 Å². The second-order valence-electron chi connectivity index (χ2n) is 2.88. The number of rotatable bonds is 7. The Labute approximate surface area is 79.7 Å². The van der Waals surface area contributed by atoms with Crippen LogP contribution in [0.4, 0.5) is 0 Å². The van der Waals surface area contributed by atoms with E-state index < -0.39 is 0 Å². The lowest BCUT2D eigenvalue weighted by atomic mass is 10.2. The van der Waals surface area contributed by atoms with Crippen LogP contribution >= 0.6 is 0 Å². The van der Waals surface area contributed by atoms with Crippen molar-refractivity contribution in [1.29, 1.82) is 0 Å². The van der Waals surface area contributed by atoms with Crippen molar-refractivity contribution in [2.24, 2.45) is 0 Å². The highest BCUT2D eigenvalue weighted by atomic mass is 16.6. The summed E-state index contributed by atoms with van der Waals surface area (Å²) < 4.78 is 9.97. The second-order valence-corrected chi connectivity index (χ2v) is 2.88. The summed E-state index contributed by atoms with van der Waals surface area (Å²) in [4.78, 5) is 10.9. The van der Waals surface area contributed by atoms with E-state index in [1.165, 1.54) is 6.08 Å². The molecule has 3 heteroatoms. The summed E-state index contributed by atoms with van der Waals surface area (Å²) in [5, 5.41) is 0. The van der Waals surface area contributed by atoms with Crippen LogP contribution in [-0.4, -0.2) is 25.3 Å². The van der Waals surface area contributed by atoms with Crippen LogP contribution in [0.5, 0.6) is 0 Å². The minimum Gasteiger partial charge on any atom is -0.460 e. The van der Waals surface area contributed by atoms with E-state index in [1.54, 1.807) is 0 Å². The number of hydrogen-bond acceptors (Lipinski definition) is 3. The highest BCUT2D eigenvalue weighted by Gasteiger charge is 2.05. The van der Waals surface area contributed by atoms with Crippen molar-refractivity contribution in [2.45, 2.75) is 32.8 Å². The zero-order chi connectivity index (χ0) is 10.1. The monoisotopic (exact) mass is 186 g/mol. The van der Waals surface area contributed by atoms with Crippen molar-refractivity contribution in [2.75, 3.05) is 13.2 Å². The number of carbonyl (C=O) groups is 1. The summed E-state index contributed by atoms with van der Waals surface area (Å²) in [6, 6.07) is 0. The molecule has 0 N–H and O–H groups in total. The Hall–Kier alpha value is -0.830. The first-order valence-electron chi connectivity index (χ1n) is 4.58. The molecule has 13 heavy (non-hydrogen) atoms. The van der Waals surface area contributed by atoms with Crippen molar-refractivity contribution in [3.8, 4) is 0 Å². The van der Waals surface area contributed by atoms with Crippen LogP contribution in [0, 0.1) is 0 Å². The summed E-state index contributed by atoms with van der Waals surface area (Å²) >= 11 is 0. The van der Waals surface area contributed by atoms with E-state index in [0.29, 0.717) is 0 Å². The lowest BCUT2D eigenvalue weighted by molar-refractivity contribution is -0.149. The largest absolute Gasteiger partial charge is 0.460 e. The standard InChI is InChI=1S/C10H18O3/c1-4-6-9(3)13-8-10(11)12-7-5-2/h5,9H,2,4,6-8H2,1,3H3. The van der Waals surface area contributed by atoms with Gasteiger partial charge in [-0.05, 0) is 13.3 Å². The molecular formula is C10H18O3. The van der Waals surface area contributed by atoms with Gasteiger partial charge in [0.05, 0.1) is 6.10 Å². The van der Waals surface area contributed by atoms with Gasteiger partial charge in [0.25, 0.3) is 0 Å². The van der Waals surface area contributed by atoms with E-state index in [2.05, 4.69) is 13.5 Å². The molecule has 0 saturated heterocycles. The van der Waals surface area contributed by atoms with E-state index in [0.717, 1.165) is 12.8 Å².